The van der Waals surface area contributed by atoms with E-state index in [1.807, 2.05) is 0 Å². The number of piperidine rings is 1. The Bertz CT molecular complexity index is 1140. The molecule has 0 spiro atoms. The summed E-state index contributed by atoms with van der Waals surface area (Å²) in [6.45, 7) is 3.93. The van der Waals surface area contributed by atoms with Gasteiger partial charge in [0.1, 0.15) is 0 Å². The predicted molar refractivity (Wildman–Crippen MR) is 118 cm³/mol. The number of nitrogens with two attached hydrogens (primary N) is 1. The van der Waals surface area contributed by atoms with Crippen LogP contribution in [-0.4, -0.2) is 40.3 Å². The van der Waals surface area contributed by atoms with Crippen molar-refractivity contribution in [2.75, 3.05) is 18.0 Å². The lowest BCUT2D eigenvalue weighted by atomic mass is 10.1. The van der Waals surface area contributed by atoms with E-state index < -0.39 is 0 Å². The van der Waals surface area contributed by atoms with Gasteiger partial charge in [-0.15, -0.1) is 0 Å². The molecule has 1 aliphatic heterocycles. The molecule has 4 rings (SSSR count). The first-order valence-electron chi connectivity index (χ1n) is 9.91. The topological polar surface area (TPSA) is 109 Å². The Kier molecular flexibility index (Phi) is 5.74. The Balaban J connectivity index is 1.44. The quantitative estimate of drug-likeness (QED) is 0.500. The minimum Gasteiger partial charge on any atom is -0.422 e. The van der Waals surface area contributed by atoms with Gasteiger partial charge in [0, 0.05) is 31.2 Å². The Morgan fingerprint density at radius 2 is 2.17 bits per heavy atom. The molecule has 154 valence electrons. The molecule has 3 N–H and O–H groups in total. The molecule has 3 aromatic rings. The van der Waals surface area contributed by atoms with Gasteiger partial charge < -0.3 is 15.4 Å². The molecule has 1 aliphatic rings. The first-order valence-corrected chi connectivity index (χ1v) is 9.91. The predicted octanol–water partition coefficient (Wildman–Crippen LogP) is 2.55. The molecule has 1 fully saturated rings. The molecule has 0 amide bonds. The highest BCUT2D eigenvalue weighted by atomic mass is 16.5. The summed E-state index contributed by atoms with van der Waals surface area (Å²) in [6, 6.07) is 10.3. The van der Waals surface area contributed by atoms with E-state index >= 15 is 0 Å². The summed E-state index contributed by atoms with van der Waals surface area (Å²) in [5.41, 5.74) is 8.30. The number of hydrogen-bond donors (Lipinski definition) is 2. The number of aliphatic imine (C=N–C) groups is 1. The maximum absolute atomic E-state index is 12.2. The molecule has 1 unspecified atom stereocenters. The summed E-state index contributed by atoms with van der Waals surface area (Å²) in [5, 5.41) is 0.447. The maximum atomic E-state index is 12.2. The van der Waals surface area contributed by atoms with Gasteiger partial charge >= 0.3 is 6.01 Å². The van der Waals surface area contributed by atoms with E-state index in [2.05, 4.69) is 56.0 Å². The van der Waals surface area contributed by atoms with E-state index in [9.17, 15) is 4.79 Å². The monoisotopic (exact) mass is 404 g/mol. The average Bonchev–Trinajstić information content (AvgIpc) is 2.77. The van der Waals surface area contributed by atoms with Gasteiger partial charge in [0.25, 0.3) is 5.56 Å². The van der Waals surface area contributed by atoms with Crippen LogP contribution in [0.1, 0.15) is 18.4 Å². The van der Waals surface area contributed by atoms with Crippen molar-refractivity contribution < 1.29 is 4.74 Å². The lowest BCUT2D eigenvalue weighted by molar-refractivity contribution is 0.416. The van der Waals surface area contributed by atoms with E-state index in [0.717, 1.165) is 25.9 Å². The van der Waals surface area contributed by atoms with Crippen LogP contribution in [0.3, 0.4) is 0 Å². The Hall–Kier alpha value is -3.68. The number of ether oxygens (including phenoxy) is 1. The highest BCUT2D eigenvalue weighted by molar-refractivity contribution is 5.78. The minimum absolute atomic E-state index is 0.0496. The van der Waals surface area contributed by atoms with Crippen LogP contribution in [0.5, 0.6) is 6.01 Å². The molecule has 1 saturated heterocycles. The summed E-state index contributed by atoms with van der Waals surface area (Å²) >= 11 is 0. The third kappa shape index (κ3) is 4.48. The van der Waals surface area contributed by atoms with Crippen molar-refractivity contribution in [3.05, 3.63) is 70.6 Å². The van der Waals surface area contributed by atoms with Crippen molar-refractivity contribution in [3.63, 3.8) is 0 Å². The van der Waals surface area contributed by atoms with Crippen LogP contribution < -0.4 is 20.9 Å². The second kappa shape index (κ2) is 8.77. The van der Waals surface area contributed by atoms with E-state index in [1.165, 1.54) is 23.6 Å². The van der Waals surface area contributed by atoms with Gasteiger partial charge in [-0.25, -0.2) is 0 Å². The zero-order chi connectivity index (χ0) is 20.9. The molecule has 1 atom stereocenters. The smallest absolute Gasteiger partial charge is 0.302 e. The van der Waals surface area contributed by atoms with Gasteiger partial charge in [-0.2, -0.15) is 4.98 Å². The second-order valence-electron chi connectivity index (χ2n) is 7.29. The summed E-state index contributed by atoms with van der Waals surface area (Å²) in [6.07, 6.45) is 8.01. The number of anilines is 1. The SMILES string of the molecule is Cc1ccc(N2CCCC(N=CC(=CN)Oc3nc4cnccc4c(=O)[nH]3)C2)cc1. The number of benzene rings is 1. The van der Waals surface area contributed by atoms with Crippen molar-refractivity contribution in [2.24, 2.45) is 10.7 Å². The van der Waals surface area contributed by atoms with Crippen molar-refractivity contribution in [2.45, 2.75) is 25.8 Å². The molecule has 0 aliphatic carbocycles. The molecular weight excluding hydrogens is 380 g/mol. The van der Waals surface area contributed by atoms with Crippen LogP contribution in [0.2, 0.25) is 0 Å². The molecule has 0 radical (unpaired) electrons. The molecule has 8 heteroatoms. The van der Waals surface area contributed by atoms with E-state index in [1.54, 1.807) is 18.5 Å². The van der Waals surface area contributed by atoms with Gasteiger partial charge in [0.2, 0.25) is 0 Å². The zero-order valence-corrected chi connectivity index (χ0v) is 16.8. The van der Waals surface area contributed by atoms with Crippen LogP contribution in [0.25, 0.3) is 10.9 Å². The molecule has 8 nitrogen and oxygen atoms in total. The molecule has 2 aromatic heterocycles. The standard InChI is InChI=1S/C22H24N6O2/c1-15-4-6-17(7-5-15)28-10-2-3-16(14-28)25-12-18(11-23)30-22-26-20-13-24-9-8-19(20)21(29)27-22/h4-9,11-13,16H,2-3,10,14,23H2,1H3,(H,26,27,29). The first kappa shape index (κ1) is 19.6. The maximum Gasteiger partial charge on any atom is 0.302 e. The van der Waals surface area contributed by atoms with Crippen LogP contribution in [0.15, 0.2) is 64.5 Å². The van der Waals surface area contributed by atoms with E-state index in [-0.39, 0.29) is 17.6 Å². The fraction of sp³-hybridized carbons (Fsp3) is 0.273. The fourth-order valence-electron chi connectivity index (χ4n) is 3.48. The first-order chi connectivity index (χ1) is 14.6. The lowest BCUT2D eigenvalue weighted by Crippen LogP contribution is -2.37. The Morgan fingerprint density at radius 3 is 2.97 bits per heavy atom. The van der Waals surface area contributed by atoms with Crippen LogP contribution in [-0.2, 0) is 0 Å². The highest BCUT2D eigenvalue weighted by Gasteiger charge is 2.19. The average molecular weight is 404 g/mol. The minimum atomic E-state index is -0.299. The molecule has 1 aromatic carbocycles. The Labute approximate surface area is 174 Å². The fourth-order valence-corrected chi connectivity index (χ4v) is 3.48. The van der Waals surface area contributed by atoms with Crippen molar-refractivity contribution in [1.29, 1.82) is 0 Å². The number of rotatable bonds is 5. The number of aromatic nitrogens is 3. The third-order valence-corrected chi connectivity index (χ3v) is 5.07. The molecular formula is C22H24N6O2. The number of nitrogens with one attached hydrogen (secondary N) is 1. The zero-order valence-electron chi connectivity index (χ0n) is 16.8. The number of pyridine rings is 1. The third-order valence-electron chi connectivity index (χ3n) is 5.07. The Morgan fingerprint density at radius 1 is 1.33 bits per heavy atom. The van der Waals surface area contributed by atoms with Crippen molar-refractivity contribution in [1.82, 2.24) is 15.0 Å². The van der Waals surface area contributed by atoms with Crippen LogP contribution in [0, 0.1) is 6.92 Å². The summed E-state index contributed by atoms with van der Waals surface area (Å²) in [5.74, 6) is 0.314. The number of aromatic amines is 1. The van der Waals surface area contributed by atoms with Gasteiger partial charge in [0.15, 0.2) is 5.76 Å². The van der Waals surface area contributed by atoms with E-state index in [4.69, 9.17) is 10.5 Å². The number of H-pyrrole nitrogens is 1. The van der Waals surface area contributed by atoms with E-state index in [0.29, 0.717) is 16.7 Å². The van der Waals surface area contributed by atoms with Crippen LogP contribution in [0.4, 0.5) is 5.69 Å². The van der Waals surface area contributed by atoms with Crippen LogP contribution >= 0.6 is 0 Å². The molecule has 3 heterocycles. The lowest BCUT2D eigenvalue weighted by Gasteiger charge is -2.32. The second-order valence-corrected chi connectivity index (χ2v) is 7.29. The summed E-state index contributed by atoms with van der Waals surface area (Å²) < 4.78 is 5.65. The van der Waals surface area contributed by atoms with Gasteiger partial charge in [-0.3, -0.25) is 19.8 Å². The highest BCUT2D eigenvalue weighted by Crippen LogP contribution is 2.22. The largest absolute Gasteiger partial charge is 0.422 e. The van der Waals surface area contributed by atoms with Gasteiger partial charge in [-0.1, -0.05) is 17.7 Å². The normalized spacial score (nSPS) is 17.6. The van der Waals surface area contributed by atoms with Gasteiger partial charge in [0.05, 0.1) is 29.4 Å². The number of aryl methyl sites for hydroxylation is 1. The van der Waals surface area contributed by atoms with Gasteiger partial charge in [-0.05, 0) is 38.0 Å². The molecule has 0 bridgehead atoms. The van der Waals surface area contributed by atoms with Crippen molar-refractivity contribution in [3.8, 4) is 6.01 Å². The molecule has 30 heavy (non-hydrogen) atoms. The van der Waals surface area contributed by atoms with Crippen molar-refractivity contribution >= 4 is 22.8 Å². The number of allylic oxidation sites excluding steroid dienone is 1. The number of fused-ring (bicyclic) bond motifs is 1. The number of nitrogens with zero attached hydrogens (tertiary/aromatic N) is 4. The molecule has 0 saturated carbocycles. The summed E-state index contributed by atoms with van der Waals surface area (Å²) in [7, 11) is 0. The number of hydrogen-bond acceptors (Lipinski definition) is 7. The summed E-state index contributed by atoms with van der Waals surface area (Å²) in [4.78, 5) is 30.0.